The molecule has 10 nitrogen and oxygen atoms in total. The molecule has 3 heterocycles. The van der Waals surface area contributed by atoms with Gasteiger partial charge >= 0.3 is 6.03 Å². The van der Waals surface area contributed by atoms with E-state index in [0.29, 0.717) is 56.6 Å². The average molecular weight is 461 g/mol. The first-order valence-corrected chi connectivity index (χ1v) is 10.9. The first kappa shape index (κ1) is 22.1. The number of nitro benzene ring substituents is 1. The van der Waals surface area contributed by atoms with E-state index < -0.39 is 4.92 Å². The lowest BCUT2D eigenvalue weighted by Crippen LogP contribution is -2.51. The summed E-state index contributed by atoms with van der Waals surface area (Å²) in [6, 6.07) is 8.38. The second kappa shape index (κ2) is 10.0. The maximum Gasteiger partial charge on any atom is 0.317 e. The molecule has 0 radical (unpaired) electrons. The van der Waals surface area contributed by atoms with Crippen molar-refractivity contribution >= 4 is 34.8 Å². The van der Waals surface area contributed by atoms with Gasteiger partial charge in [-0.25, -0.2) is 9.78 Å². The number of benzene rings is 1. The fraction of sp³-hybridized carbons (Fsp3) is 0.429. The summed E-state index contributed by atoms with van der Waals surface area (Å²) in [5, 5.41) is 14.7. The number of amides is 2. The van der Waals surface area contributed by atoms with Gasteiger partial charge < -0.3 is 24.8 Å². The largest absolute Gasteiger partial charge is 0.378 e. The number of aromatic nitrogens is 1. The Hall–Kier alpha value is -3.11. The molecule has 32 heavy (non-hydrogen) atoms. The highest BCUT2D eigenvalue weighted by Crippen LogP contribution is 2.31. The molecule has 1 aromatic carbocycles. The molecule has 11 heteroatoms. The number of nitrogens with one attached hydrogen (secondary N) is 1. The Kier molecular flexibility index (Phi) is 6.91. The number of piperazine rings is 1. The molecule has 0 atom stereocenters. The van der Waals surface area contributed by atoms with Crippen molar-refractivity contribution in [2.24, 2.45) is 0 Å². The summed E-state index contributed by atoms with van der Waals surface area (Å²) < 4.78 is 5.38. The van der Waals surface area contributed by atoms with E-state index >= 15 is 0 Å². The smallest absolute Gasteiger partial charge is 0.317 e. The van der Waals surface area contributed by atoms with Crippen molar-refractivity contribution in [2.75, 3.05) is 62.3 Å². The molecule has 2 aliphatic heterocycles. The van der Waals surface area contributed by atoms with E-state index in [9.17, 15) is 14.9 Å². The van der Waals surface area contributed by atoms with Gasteiger partial charge in [0.15, 0.2) is 0 Å². The number of ether oxygens (including phenoxy) is 1. The Balaban J connectivity index is 1.30. The van der Waals surface area contributed by atoms with Gasteiger partial charge in [-0.2, -0.15) is 0 Å². The zero-order valence-electron chi connectivity index (χ0n) is 17.6. The van der Waals surface area contributed by atoms with Crippen LogP contribution in [0.1, 0.15) is 5.56 Å². The molecule has 0 saturated carbocycles. The minimum atomic E-state index is -0.430. The fourth-order valence-corrected chi connectivity index (χ4v) is 4.05. The monoisotopic (exact) mass is 460 g/mol. The Labute approximate surface area is 190 Å². The average Bonchev–Trinajstić information content (AvgIpc) is 2.83. The first-order chi connectivity index (χ1) is 15.5. The number of hydrogen-bond acceptors (Lipinski definition) is 7. The summed E-state index contributed by atoms with van der Waals surface area (Å²) >= 11 is 5.91. The second-order valence-corrected chi connectivity index (χ2v) is 8.08. The molecule has 2 amide bonds. The predicted molar refractivity (Wildman–Crippen MR) is 121 cm³/mol. The number of carbonyl (C=O) groups is 1. The molecule has 1 aromatic heterocycles. The number of nitro groups is 1. The van der Waals surface area contributed by atoms with Crippen LogP contribution in [-0.2, 0) is 11.3 Å². The minimum Gasteiger partial charge on any atom is -0.378 e. The topological polar surface area (TPSA) is 104 Å². The summed E-state index contributed by atoms with van der Waals surface area (Å²) in [6.07, 6.45) is 1.75. The van der Waals surface area contributed by atoms with Crippen LogP contribution in [0.5, 0.6) is 0 Å². The SMILES string of the molecule is O=C(NCc1ccnc(N2CCOCC2)c1)N1CCN(c2ccc(Cl)cc2[N+](=O)[O-])CC1. The van der Waals surface area contributed by atoms with E-state index in [2.05, 4.69) is 15.2 Å². The molecule has 2 aliphatic rings. The maximum absolute atomic E-state index is 12.6. The van der Waals surface area contributed by atoms with Crippen LogP contribution >= 0.6 is 11.6 Å². The third kappa shape index (κ3) is 5.20. The zero-order chi connectivity index (χ0) is 22.5. The summed E-state index contributed by atoms with van der Waals surface area (Å²) in [5.41, 5.74) is 1.47. The number of halogens is 1. The molecule has 4 rings (SSSR count). The van der Waals surface area contributed by atoms with Crippen molar-refractivity contribution in [3.63, 3.8) is 0 Å². The predicted octanol–water partition coefficient (Wildman–Crippen LogP) is 2.51. The molecule has 2 fully saturated rings. The normalized spacial score (nSPS) is 16.7. The quantitative estimate of drug-likeness (QED) is 0.540. The third-order valence-electron chi connectivity index (χ3n) is 5.63. The van der Waals surface area contributed by atoms with Crippen molar-refractivity contribution in [1.82, 2.24) is 15.2 Å². The van der Waals surface area contributed by atoms with Gasteiger partial charge in [-0.1, -0.05) is 11.6 Å². The highest BCUT2D eigenvalue weighted by Gasteiger charge is 2.26. The van der Waals surface area contributed by atoms with Crippen LogP contribution in [0.25, 0.3) is 0 Å². The number of carbonyl (C=O) groups excluding carboxylic acids is 1. The number of hydrogen-bond donors (Lipinski definition) is 1. The molecule has 1 N–H and O–H groups in total. The number of nitrogens with zero attached hydrogens (tertiary/aromatic N) is 5. The highest BCUT2D eigenvalue weighted by atomic mass is 35.5. The molecule has 0 aliphatic carbocycles. The Morgan fingerprint density at radius 2 is 1.84 bits per heavy atom. The fourth-order valence-electron chi connectivity index (χ4n) is 3.89. The number of urea groups is 1. The summed E-state index contributed by atoms with van der Waals surface area (Å²) in [4.78, 5) is 33.8. The third-order valence-corrected chi connectivity index (χ3v) is 5.87. The van der Waals surface area contributed by atoms with Crippen LogP contribution in [0.3, 0.4) is 0 Å². The van der Waals surface area contributed by atoms with E-state index in [0.717, 1.165) is 24.5 Å². The van der Waals surface area contributed by atoms with Crippen LogP contribution in [0, 0.1) is 10.1 Å². The number of pyridine rings is 1. The molecule has 0 unspecified atom stereocenters. The lowest BCUT2D eigenvalue weighted by atomic mass is 10.2. The van der Waals surface area contributed by atoms with Crippen LogP contribution in [-0.4, -0.2) is 73.3 Å². The van der Waals surface area contributed by atoms with Crippen LogP contribution in [0.4, 0.5) is 22.0 Å². The van der Waals surface area contributed by atoms with Gasteiger partial charge in [0.25, 0.3) is 5.69 Å². The van der Waals surface area contributed by atoms with Crippen molar-refractivity contribution in [3.8, 4) is 0 Å². The molecular weight excluding hydrogens is 436 g/mol. The second-order valence-electron chi connectivity index (χ2n) is 7.64. The molecule has 2 aromatic rings. The lowest BCUT2D eigenvalue weighted by Gasteiger charge is -2.35. The minimum absolute atomic E-state index is 0.0239. The van der Waals surface area contributed by atoms with Crippen molar-refractivity contribution in [2.45, 2.75) is 6.54 Å². The lowest BCUT2D eigenvalue weighted by molar-refractivity contribution is -0.384. The van der Waals surface area contributed by atoms with E-state index in [1.54, 1.807) is 23.2 Å². The van der Waals surface area contributed by atoms with E-state index in [1.807, 2.05) is 17.0 Å². The highest BCUT2D eigenvalue weighted by molar-refractivity contribution is 6.30. The van der Waals surface area contributed by atoms with Gasteiger partial charge in [-0.3, -0.25) is 10.1 Å². The molecule has 170 valence electrons. The summed E-state index contributed by atoms with van der Waals surface area (Å²) in [7, 11) is 0. The van der Waals surface area contributed by atoms with Gasteiger partial charge in [0.2, 0.25) is 0 Å². The molecule has 0 spiro atoms. The Bertz CT molecular complexity index is 977. The van der Waals surface area contributed by atoms with Gasteiger partial charge in [0.05, 0.1) is 18.1 Å². The summed E-state index contributed by atoms with van der Waals surface area (Å²) in [6.45, 7) is 5.35. The number of rotatable bonds is 5. The van der Waals surface area contributed by atoms with Gasteiger partial charge in [-0.05, 0) is 29.8 Å². The number of anilines is 2. The molecule has 0 bridgehead atoms. The molecular formula is C21H25ClN6O4. The molecule has 2 saturated heterocycles. The van der Waals surface area contributed by atoms with Gasteiger partial charge in [0, 0.05) is 63.1 Å². The van der Waals surface area contributed by atoms with Crippen LogP contribution < -0.4 is 15.1 Å². The zero-order valence-corrected chi connectivity index (χ0v) is 18.3. The van der Waals surface area contributed by atoms with E-state index in [-0.39, 0.29) is 11.7 Å². The van der Waals surface area contributed by atoms with Crippen molar-refractivity contribution in [3.05, 3.63) is 57.2 Å². The summed E-state index contributed by atoms with van der Waals surface area (Å²) in [5.74, 6) is 0.887. The van der Waals surface area contributed by atoms with Gasteiger partial charge in [-0.15, -0.1) is 0 Å². The van der Waals surface area contributed by atoms with Gasteiger partial charge in [0.1, 0.15) is 11.5 Å². The van der Waals surface area contributed by atoms with Crippen molar-refractivity contribution in [1.29, 1.82) is 0 Å². The van der Waals surface area contributed by atoms with E-state index in [1.165, 1.54) is 6.07 Å². The van der Waals surface area contributed by atoms with Crippen LogP contribution in [0.2, 0.25) is 5.02 Å². The Morgan fingerprint density at radius 1 is 1.09 bits per heavy atom. The number of morpholine rings is 1. The first-order valence-electron chi connectivity index (χ1n) is 10.5. The maximum atomic E-state index is 12.6. The Morgan fingerprint density at radius 3 is 2.56 bits per heavy atom. The van der Waals surface area contributed by atoms with E-state index in [4.69, 9.17) is 16.3 Å². The van der Waals surface area contributed by atoms with Crippen LogP contribution in [0.15, 0.2) is 36.5 Å². The van der Waals surface area contributed by atoms with Crippen molar-refractivity contribution < 1.29 is 14.5 Å². The standard InChI is InChI=1S/C21H25ClN6O4/c22-17-1-2-18(19(14-17)28(30)31)25-5-7-27(8-6-25)21(29)24-15-16-3-4-23-20(13-16)26-9-11-32-12-10-26/h1-4,13-14H,5-12,15H2,(H,24,29).